The number of carbonyl (C=O) groups excluding carboxylic acids is 1. The van der Waals surface area contributed by atoms with Gasteiger partial charge in [-0.15, -0.1) is 0 Å². The number of amides is 1. The lowest BCUT2D eigenvalue weighted by molar-refractivity contribution is 0.0738. The zero-order chi connectivity index (χ0) is 17.6. The molecule has 2 aromatic carbocycles. The number of hydrogen-bond acceptors (Lipinski definition) is 1. The van der Waals surface area contributed by atoms with Crippen molar-refractivity contribution < 1.29 is 13.6 Å². The second kappa shape index (κ2) is 5.99. The fraction of sp³-hybridized carbons (Fsp3) is 0.250. The Hall–Kier alpha value is -2.69. The topological polar surface area (TPSA) is 25.2 Å². The second-order valence-electron chi connectivity index (χ2n) is 6.32. The maximum Gasteiger partial charge on any atom is 0.260 e. The van der Waals surface area contributed by atoms with Crippen molar-refractivity contribution in [1.29, 1.82) is 0 Å². The van der Waals surface area contributed by atoms with Crippen molar-refractivity contribution in [2.45, 2.75) is 26.4 Å². The summed E-state index contributed by atoms with van der Waals surface area (Å²) in [5, 5.41) is 1.16. The molecule has 1 aromatic heterocycles. The molecule has 3 aromatic rings. The van der Waals surface area contributed by atoms with E-state index < -0.39 is 23.1 Å². The molecule has 25 heavy (non-hydrogen) atoms. The second-order valence-corrected chi connectivity index (χ2v) is 6.32. The zero-order valence-corrected chi connectivity index (χ0v) is 13.9. The van der Waals surface area contributed by atoms with Gasteiger partial charge in [-0.2, -0.15) is 0 Å². The molecule has 0 unspecified atom stereocenters. The highest BCUT2D eigenvalue weighted by Crippen LogP contribution is 2.30. The van der Waals surface area contributed by atoms with Gasteiger partial charge in [0.2, 0.25) is 0 Å². The molecule has 1 aliphatic heterocycles. The Morgan fingerprint density at radius 2 is 1.80 bits per heavy atom. The molecule has 1 aliphatic rings. The Kier molecular flexibility index (Phi) is 3.79. The van der Waals surface area contributed by atoms with Crippen molar-refractivity contribution in [2.24, 2.45) is 0 Å². The minimum Gasteiger partial charge on any atom is -0.347 e. The Bertz CT molecular complexity index is 957. The van der Waals surface area contributed by atoms with E-state index in [2.05, 4.69) is 23.8 Å². The van der Waals surface area contributed by atoms with Crippen LogP contribution < -0.4 is 0 Å². The van der Waals surface area contributed by atoms with E-state index >= 15 is 0 Å². The fourth-order valence-corrected chi connectivity index (χ4v) is 3.68. The van der Waals surface area contributed by atoms with Gasteiger partial charge in [0.25, 0.3) is 5.91 Å². The number of nitrogens with zero attached hydrogens (tertiary/aromatic N) is 2. The van der Waals surface area contributed by atoms with Crippen LogP contribution >= 0.6 is 0 Å². The number of aryl methyl sites for hydroxylation is 1. The molecule has 0 atom stereocenters. The lowest BCUT2D eigenvalue weighted by atomic mass is 10.1. The van der Waals surface area contributed by atoms with Crippen molar-refractivity contribution in [3.63, 3.8) is 0 Å². The Morgan fingerprint density at radius 3 is 2.52 bits per heavy atom. The molecule has 0 spiro atoms. The third-order valence-electron chi connectivity index (χ3n) is 4.89. The van der Waals surface area contributed by atoms with Crippen LogP contribution in [-0.4, -0.2) is 21.9 Å². The van der Waals surface area contributed by atoms with Crippen LogP contribution in [0.5, 0.6) is 0 Å². The zero-order valence-electron chi connectivity index (χ0n) is 13.9. The van der Waals surface area contributed by atoms with Gasteiger partial charge in [-0.1, -0.05) is 18.2 Å². The molecular formula is C20H18F2N2O. The molecule has 0 saturated carbocycles. The van der Waals surface area contributed by atoms with Gasteiger partial charge in [-0.3, -0.25) is 4.79 Å². The van der Waals surface area contributed by atoms with Gasteiger partial charge in [0.15, 0.2) is 0 Å². The van der Waals surface area contributed by atoms with E-state index in [-0.39, 0.29) is 0 Å². The van der Waals surface area contributed by atoms with E-state index in [9.17, 15) is 13.6 Å². The average Bonchev–Trinajstić information content (AvgIpc) is 2.85. The van der Waals surface area contributed by atoms with Crippen molar-refractivity contribution >= 4 is 16.8 Å². The number of halogens is 2. The number of carbonyl (C=O) groups is 1. The van der Waals surface area contributed by atoms with Gasteiger partial charge in [-0.25, -0.2) is 8.78 Å². The summed E-state index contributed by atoms with van der Waals surface area (Å²) in [4.78, 5) is 14.3. The molecule has 0 radical (unpaired) electrons. The summed E-state index contributed by atoms with van der Waals surface area (Å²) in [5.41, 5.74) is 2.86. The quantitative estimate of drug-likeness (QED) is 0.688. The molecule has 0 saturated heterocycles. The largest absolute Gasteiger partial charge is 0.347 e. The van der Waals surface area contributed by atoms with Crippen LogP contribution in [0, 0.1) is 11.6 Å². The molecule has 0 N–H and O–H groups in total. The Balaban J connectivity index is 1.75. The van der Waals surface area contributed by atoms with Crippen LogP contribution in [0.25, 0.3) is 10.9 Å². The fourth-order valence-electron chi connectivity index (χ4n) is 3.68. The lowest BCUT2D eigenvalue weighted by Crippen LogP contribution is -2.32. The summed E-state index contributed by atoms with van der Waals surface area (Å²) in [6.07, 6.45) is 2.79. The molecular weight excluding hydrogens is 322 g/mol. The molecule has 0 bridgehead atoms. The first-order chi connectivity index (χ1) is 12.1. The molecule has 2 heterocycles. The standard InChI is InChI=1S/C20H18F2N2O/c1-2-23-11-14-9-10-24(12-13-5-3-8-17(23)18(13)14)20(25)19-15(21)6-4-7-16(19)22/h3-8,11H,2,9-10,12H2,1H3. The molecule has 0 aliphatic carbocycles. The van der Waals surface area contributed by atoms with E-state index in [1.54, 1.807) is 0 Å². The summed E-state index contributed by atoms with van der Waals surface area (Å²) < 4.78 is 30.2. The first-order valence-corrected chi connectivity index (χ1v) is 8.43. The molecule has 128 valence electrons. The van der Waals surface area contributed by atoms with Crippen LogP contribution in [0.4, 0.5) is 8.78 Å². The highest BCUT2D eigenvalue weighted by molar-refractivity contribution is 5.96. The Labute approximate surface area is 144 Å². The van der Waals surface area contributed by atoms with Gasteiger partial charge in [0, 0.05) is 36.7 Å². The minimum absolute atomic E-state index is 0.352. The summed E-state index contributed by atoms with van der Waals surface area (Å²) >= 11 is 0. The smallest absolute Gasteiger partial charge is 0.260 e. The molecule has 1 amide bonds. The van der Waals surface area contributed by atoms with Gasteiger partial charge in [0.1, 0.15) is 17.2 Å². The van der Waals surface area contributed by atoms with Crippen LogP contribution in [0.15, 0.2) is 42.6 Å². The van der Waals surface area contributed by atoms with Crippen molar-refractivity contribution in [3.8, 4) is 0 Å². The normalized spacial score (nSPS) is 14.0. The predicted octanol–water partition coefficient (Wildman–Crippen LogP) is 4.14. The summed E-state index contributed by atoms with van der Waals surface area (Å²) in [5.74, 6) is -2.23. The average molecular weight is 340 g/mol. The predicted molar refractivity (Wildman–Crippen MR) is 92.4 cm³/mol. The van der Waals surface area contributed by atoms with Crippen molar-refractivity contribution in [3.05, 3.63) is 70.9 Å². The number of benzene rings is 2. The third-order valence-corrected chi connectivity index (χ3v) is 4.89. The van der Waals surface area contributed by atoms with Crippen molar-refractivity contribution in [1.82, 2.24) is 9.47 Å². The Morgan fingerprint density at radius 1 is 1.08 bits per heavy atom. The number of aromatic nitrogens is 1. The van der Waals surface area contributed by atoms with Gasteiger partial charge >= 0.3 is 0 Å². The third kappa shape index (κ3) is 2.51. The van der Waals surface area contributed by atoms with Crippen LogP contribution in [0.1, 0.15) is 28.4 Å². The summed E-state index contributed by atoms with van der Waals surface area (Å²) in [7, 11) is 0. The van der Waals surface area contributed by atoms with E-state index in [1.165, 1.54) is 16.5 Å². The van der Waals surface area contributed by atoms with Crippen LogP contribution in [0.3, 0.4) is 0 Å². The molecule has 5 heteroatoms. The van der Waals surface area contributed by atoms with E-state index in [1.807, 2.05) is 12.1 Å². The van der Waals surface area contributed by atoms with Gasteiger partial charge in [-0.05, 0) is 42.7 Å². The number of hydrogen-bond donors (Lipinski definition) is 0. The highest BCUT2D eigenvalue weighted by Gasteiger charge is 2.26. The maximum atomic E-state index is 14.0. The highest BCUT2D eigenvalue weighted by atomic mass is 19.1. The van der Waals surface area contributed by atoms with Crippen molar-refractivity contribution in [2.75, 3.05) is 6.54 Å². The number of rotatable bonds is 2. The van der Waals surface area contributed by atoms with Crippen LogP contribution in [-0.2, 0) is 19.5 Å². The van der Waals surface area contributed by atoms with Crippen LogP contribution in [0.2, 0.25) is 0 Å². The van der Waals surface area contributed by atoms with E-state index in [0.717, 1.165) is 35.1 Å². The lowest BCUT2D eigenvalue weighted by Gasteiger charge is -2.22. The van der Waals surface area contributed by atoms with Gasteiger partial charge in [0.05, 0.1) is 0 Å². The molecule has 0 fully saturated rings. The first-order valence-electron chi connectivity index (χ1n) is 8.43. The summed E-state index contributed by atoms with van der Waals surface area (Å²) in [6.45, 7) is 3.76. The van der Waals surface area contributed by atoms with Gasteiger partial charge < -0.3 is 9.47 Å². The van der Waals surface area contributed by atoms with E-state index in [0.29, 0.717) is 19.5 Å². The monoisotopic (exact) mass is 340 g/mol. The SMILES string of the molecule is CCn1cc2c3c(cccc31)CN(C(=O)c1c(F)cccc1F)CC2. The summed E-state index contributed by atoms with van der Waals surface area (Å²) in [6, 6.07) is 9.52. The maximum absolute atomic E-state index is 14.0. The minimum atomic E-state index is -0.816. The molecule has 3 nitrogen and oxygen atoms in total. The van der Waals surface area contributed by atoms with E-state index in [4.69, 9.17) is 0 Å². The molecule has 4 rings (SSSR count). The first kappa shape index (κ1) is 15.8.